The van der Waals surface area contributed by atoms with Crippen LogP contribution in [0.3, 0.4) is 0 Å². The van der Waals surface area contributed by atoms with Gasteiger partial charge in [-0.25, -0.2) is 4.39 Å². The van der Waals surface area contributed by atoms with Crippen molar-refractivity contribution in [1.82, 2.24) is 14.5 Å². The van der Waals surface area contributed by atoms with Gasteiger partial charge in [0.15, 0.2) is 0 Å². The molecule has 0 N–H and O–H groups in total. The summed E-state index contributed by atoms with van der Waals surface area (Å²) in [5.41, 5.74) is 16.0. The van der Waals surface area contributed by atoms with Crippen molar-refractivity contribution in [1.29, 1.82) is 0 Å². The number of pyridine rings is 1. The fraction of sp³-hybridized carbons (Fsp3) is 0.159. The summed E-state index contributed by atoms with van der Waals surface area (Å²) in [6.07, 6.45) is 2.02. The molecule has 9 aromatic carbocycles. The van der Waals surface area contributed by atoms with Gasteiger partial charge < -0.3 is 4.57 Å². The van der Waals surface area contributed by atoms with Gasteiger partial charge in [0.2, 0.25) is 0 Å². The molecule has 379 valence electrons. The van der Waals surface area contributed by atoms with E-state index in [1.165, 1.54) is 42.6 Å². The summed E-state index contributed by atoms with van der Waals surface area (Å²) >= 11 is -0.311. The number of aromatic nitrogens is 3. The Kier molecular flexibility index (Phi) is 14.4. The van der Waals surface area contributed by atoms with Crippen LogP contribution in [0.1, 0.15) is 58.6 Å². The van der Waals surface area contributed by atoms with Gasteiger partial charge >= 0.3 is 156 Å². The van der Waals surface area contributed by atoms with E-state index in [0.29, 0.717) is 0 Å². The number of hydrogen-bond donors (Lipinski definition) is 0. The van der Waals surface area contributed by atoms with E-state index in [-0.39, 0.29) is 31.3 Å². The van der Waals surface area contributed by atoms with E-state index < -0.39 is 19.2 Å². The third-order valence-electron chi connectivity index (χ3n) is 14.2. The van der Waals surface area contributed by atoms with E-state index in [1.807, 2.05) is 50.4 Å². The van der Waals surface area contributed by atoms with Crippen LogP contribution in [0, 0.1) is 24.9 Å². The smallest absolute Gasteiger partial charge is 0 e. The van der Waals surface area contributed by atoms with Crippen LogP contribution in [-0.4, -0.2) is 27.8 Å². The zero-order valence-corrected chi connectivity index (χ0v) is 49.7. The molecule has 7 heteroatoms. The Balaban J connectivity index is 0.000000211. The molecule has 1 radical (unpaired) electrons. The number of hydrogen-bond acceptors (Lipinski definition) is 3. The first-order chi connectivity index (χ1) is 36.4. The van der Waals surface area contributed by atoms with Crippen molar-refractivity contribution in [2.75, 3.05) is 0 Å². The average molecular weight is 1250 g/mol. The van der Waals surface area contributed by atoms with Gasteiger partial charge in [0.25, 0.3) is 0 Å². The minimum Gasteiger partial charge on any atom is 0 e. The molecule has 0 aliphatic carbocycles. The quantitative estimate of drug-likeness (QED) is 0.112. The van der Waals surface area contributed by atoms with Crippen molar-refractivity contribution in [3.05, 3.63) is 229 Å². The summed E-state index contributed by atoms with van der Waals surface area (Å²) in [4.78, 5) is 10.3. The van der Waals surface area contributed by atoms with Gasteiger partial charge in [0, 0.05) is 41.3 Å². The second-order valence-corrected chi connectivity index (χ2v) is 33.5. The largest absolute Gasteiger partial charge is 0 e. The van der Waals surface area contributed by atoms with Crippen LogP contribution in [0.2, 0.25) is 17.3 Å². The number of thiophene rings is 1. The average Bonchev–Trinajstić information content (AvgIpc) is 4.01. The van der Waals surface area contributed by atoms with E-state index in [4.69, 9.17) is 11.3 Å². The molecule has 0 fully saturated rings. The zero-order chi connectivity index (χ0) is 53.1. The van der Waals surface area contributed by atoms with Gasteiger partial charge in [-0.2, -0.15) is 11.3 Å². The number of fused-ring (bicyclic) bond motifs is 6. The van der Waals surface area contributed by atoms with E-state index in [0.717, 1.165) is 88.2 Å². The minimum atomic E-state index is -2.10. The fourth-order valence-corrected chi connectivity index (χ4v) is 14.9. The summed E-state index contributed by atoms with van der Waals surface area (Å²) in [6.45, 7) is 12.9. The van der Waals surface area contributed by atoms with Crippen molar-refractivity contribution in [2.45, 2.75) is 70.1 Å². The first kappa shape index (κ1) is 51.3. The Morgan fingerprint density at radius 3 is 1.92 bits per heavy atom. The van der Waals surface area contributed by atoms with Gasteiger partial charge in [-0.1, -0.05) is 111 Å². The van der Waals surface area contributed by atoms with Crippen LogP contribution in [0.5, 0.6) is 0 Å². The van der Waals surface area contributed by atoms with E-state index >= 15 is 0 Å². The molecule has 3 heterocycles. The number of aryl methyl sites for hydroxylation is 1. The molecule has 0 unspecified atom stereocenters. The first-order valence-electron chi connectivity index (χ1n) is 26.2. The molecule has 0 bridgehead atoms. The predicted octanol–water partition coefficient (Wildman–Crippen LogP) is 19.0. The number of benzene rings is 9. The van der Waals surface area contributed by atoms with Crippen LogP contribution in [0.25, 0.3) is 104 Å². The Hall–Kier alpha value is -6.80. The van der Waals surface area contributed by atoms with Crippen molar-refractivity contribution >= 4 is 71.0 Å². The van der Waals surface area contributed by atoms with Crippen molar-refractivity contribution < 1.29 is 25.9 Å². The number of halogens is 1. The van der Waals surface area contributed by atoms with E-state index in [1.54, 1.807) is 17.4 Å². The van der Waals surface area contributed by atoms with E-state index in [9.17, 15) is 4.39 Å². The number of imidazole rings is 1. The van der Waals surface area contributed by atoms with Crippen LogP contribution in [0.4, 0.5) is 4.39 Å². The van der Waals surface area contributed by atoms with Crippen LogP contribution in [0.15, 0.2) is 194 Å². The monoisotopic (exact) mass is 1250 g/mol. The summed E-state index contributed by atoms with van der Waals surface area (Å²) in [6, 6.07) is 71.6. The summed E-state index contributed by atoms with van der Waals surface area (Å²) < 4.78 is 29.2. The maximum absolute atomic E-state index is 14.5. The second kappa shape index (κ2) is 21.3. The Morgan fingerprint density at radius 2 is 1.29 bits per heavy atom. The maximum Gasteiger partial charge on any atom is 0 e. The van der Waals surface area contributed by atoms with Gasteiger partial charge in [-0.05, 0) is 92.5 Å². The van der Waals surface area contributed by atoms with Gasteiger partial charge in [-0.15, -0.1) is 18.2 Å². The van der Waals surface area contributed by atoms with Crippen molar-refractivity contribution in [3.63, 3.8) is 0 Å². The van der Waals surface area contributed by atoms with Crippen molar-refractivity contribution in [3.8, 4) is 61.7 Å². The Bertz CT molecular complexity index is 4070. The topological polar surface area (TPSA) is 30.7 Å². The van der Waals surface area contributed by atoms with Gasteiger partial charge in [-0.3, -0.25) is 4.98 Å². The predicted molar refractivity (Wildman–Crippen MR) is 321 cm³/mol. The van der Waals surface area contributed by atoms with E-state index in [2.05, 4.69) is 207 Å². The summed E-state index contributed by atoms with van der Waals surface area (Å²) in [5.74, 6) is 6.98. The normalized spacial score (nSPS) is 12.2. The first-order valence-corrected chi connectivity index (χ1v) is 33.9. The molecule has 0 saturated carbocycles. The zero-order valence-electron chi connectivity index (χ0n) is 45.4. The van der Waals surface area contributed by atoms with Crippen LogP contribution < -0.4 is 4.40 Å². The SMILES string of the molecule is Cc1ccc2c(c1)sc1c(-c3nc4c5ccc(F)cc5ccc4n3-c3c(-c4ccccc4)cc(C(C)(C)C)cc3-c3ccccc3)[c-]ccc12.[2H]C(C)(C)c1cc(-c2[c-]ccc(-c3ccccc3)c2)nc[c]1[Ge]([CH3])([CH3])[CH3].[Ir]. The van der Waals surface area contributed by atoms with Crippen LogP contribution in [-0.2, 0) is 25.5 Å². The molecule has 0 aliphatic heterocycles. The third kappa shape index (κ3) is 10.3. The maximum atomic E-state index is 14.5. The second-order valence-electron chi connectivity index (χ2n) is 21.9. The third-order valence-corrected chi connectivity index (χ3v) is 19.6. The molecular formula is C69H60FGeIrN3S-2. The number of nitrogens with zero attached hydrogens (tertiary/aromatic N) is 3. The molecule has 3 aromatic heterocycles. The van der Waals surface area contributed by atoms with Crippen molar-refractivity contribution in [2.24, 2.45) is 0 Å². The molecule has 12 rings (SSSR count). The molecular weight excluding hydrogens is 1190 g/mol. The van der Waals surface area contributed by atoms with Gasteiger partial charge in [0.1, 0.15) is 5.82 Å². The fourth-order valence-electron chi connectivity index (χ4n) is 10.3. The Morgan fingerprint density at radius 1 is 0.658 bits per heavy atom. The molecule has 0 amide bonds. The molecule has 0 saturated heterocycles. The summed E-state index contributed by atoms with van der Waals surface area (Å²) in [7, 11) is 0. The standard InChI is InChI=1S/C46H34FN2S.C23H26GeN.Ir/c1-28-18-21-35-36-16-11-17-37(44(36)50-41(35)24-28)45-48-42-34-22-20-33(47)25-31(34)19-23-40(42)49(45)43-38(29-12-7-5-8-13-29)26-32(46(2,3)4)27-39(43)30-14-9-6-10-15-30;1-17(2)21-15-23(25-16-22(21)24(3,4)5)20-13-9-12-19(14-20)18-10-7-6-8-11-18;/h5-16,18-27H,1-4H3;6-12,14-17H,1-5H3;/q2*-1;/i;17D;. The minimum absolute atomic E-state index is 0. The molecule has 3 nitrogen and oxygen atoms in total. The molecule has 76 heavy (non-hydrogen) atoms. The molecule has 0 aliphatic rings. The number of rotatable bonds is 8. The molecule has 12 aromatic rings. The Labute approximate surface area is 468 Å². The van der Waals surface area contributed by atoms with Crippen LogP contribution >= 0.6 is 11.3 Å². The molecule has 0 spiro atoms. The summed E-state index contributed by atoms with van der Waals surface area (Å²) in [5, 5.41) is 4.16. The van der Waals surface area contributed by atoms with Gasteiger partial charge in [0.05, 0.1) is 22.5 Å². The molecule has 0 atom stereocenters.